The molecule has 0 bridgehead atoms. The van der Waals surface area contributed by atoms with E-state index in [4.69, 9.17) is 4.98 Å². The second-order valence-corrected chi connectivity index (χ2v) is 6.85. The molecule has 126 valence electrons. The molecule has 1 N–H and O–H groups in total. The molecule has 0 radical (unpaired) electrons. The van der Waals surface area contributed by atoms with Gasteiger partial charge in [-0.1, -0.05) is 42.1 Å². The van der Waals surface area contributed by atoms with Gasteiger partial charge in [-0.2, -0.15) is 5.10 Å². The molecule has 2 aromatic heterocycles. The van der Waals surface area contributed by atoms with Gasteiger partial charge in [0.1, 0.15) is 0 Å². The normalized spacial score (nSPS) is 12.5. The van der Waals surface area contributed by atoms with Crippen LogP contribution < -0.4 is 0 Å². The number of carboxylic acids is 1. The second-order valence-electron chi connectivity index (χ2n) is 5.91. The molecule has 3 aromatic rings. The van der Waals surface area contributed by atoms with E-state index < -0.39 is 5.97 Å². The zero-order valence-corrected chi connectivity index (χ0v) is 14.5. The zero-order chi connectivity index (χ0) is 17.4. The number of fused-ring (bicyclic) bond motifs is 3. The van der Waals surface area contributed by atoms with E-state index >= 15 is 0 Å². The summed E-state index contributed by atoms with van der Waals surface area (Å²) in [4.78, 5) is 20.6. The summed E-state index contributed by atoms with van der Waals surface area (Å²) in [6.45, 7) is 0. The monoisotopic (exact) mass is 352 g/mol. The van der Waals surface area contributed by atoms with Gasteiger partial charge in [0, 0.05) is 24.6 Å². The molecule has 1 aliphatic carbocycles. The summed E-state index contributed by atoms with van der Waals surface area (Å²) >= 11 is 1.57. The molecule has 1 aromatic carbocycles. The van der Waals surface area contributed by atoms with Crippen molar-refractivity contribution in [3.05, 3.63) is 58.9 Å². The molecule has 0 atom stereocenters. The van der Waals surface area contributed by atoms with Gasteiger partial charge in [-0.25, -0.2) is 14.8 Å². The zero-order valence-electron chi connectivity index (χ0n) is 13.6. The van der Waals surface area contributed by atoms with Crippen molar-refractivity contribution >= 4 is 17.7 Å². The molecule has 2 heterocycles. The third-order valence-corrected chi connectivity index (χ3v) is 5.20. The average molecular weight is 352 g/mol. The van der Waals surface area contributed by atoms with Crippen LogP contribution in [0.15, 0.2) is 41.7 Å². The highest BCUT2D eigenvalue weighted by Crippen LogP contribution is 2.34. The first-order valence-corrected chi connectivity index (χ1v) is 8.94. The number of carbonyl (C=O) groups is 1. The highest BCUT2D eigenvalue weighted by molar-refractivity contribution is 7.98. The topological polar surface area (TPSA) is 80.9 Å². The minimum absolute atomic E-state index is 0.125. The minimum Gasteiger partial charge on any atom is -0.476 e. The first-order valence-electron chi connectivity index (χ1n) is 7.95. The molecule has 7 heteroatoms. The van der Waals surface area contributed by atoms with Gasteiger partial charge in [0.2, 0.25) is 0 Å². The maximum Gasteiger partial charge on any atom is 0.356 e. The summed E-state index contributed by atoms with van der Waals surface area (Å²) in [6, 6.07) is 10.2. The van der Waals surface area contributed by atoms with Crippen molar-refractivity contribution < 1.29 is 9.90 Å². The van der Waals surface area contributed by atoms with Crippen LogP contribution in [0.2, 0.25) is 0 Å². The third-order valence-electron chi connectivity index (χ3n) is 4.27. The second kappa shape index (κ2) is 6.33. The fraction of sp³-hybridized carbons (Fsp3) is 0.222. The molecule has 6 nitrogen and oxygen atoms in total. The molecule has 25 heavy (non-hydrogen) atoms. The average Bonchev–Trinajstić information content (AvgIpc) is 2.98. The van der Waals surface area contributed by atoms with Gasteiger partial charge in [0.25, 0.3) is 0 Å². The number of rotatable bonds is 4. The van der Waals surface area contributed by atoms with Crippen LogP contribution in [0.4, 0.5) is 0 Å². The lowest BCUT2D eigenvalue weighted by atomic mass is 9.93. The molecule has 0 saturated carbocycles. The van der Waals surface area contributed by atoms with Gasteiger partial charge < -0.3 is 5.11 Å². The van der Waals surface area contributed by atoms with Gasteiger partial charge in [-0.15, -0.1) is 0 Å². The van der Waals surface area contributed by atoms with Crippen LogP contribution in [-0.4, -0.2) is 30.8 Å². The Morgan fingerprint density at radius 3 is 2.84 bits per heavy atom. The van der Waals surface area contributed by atoms with Gasteiger partial charge in [0.05, 0.1) is 11.4 Å². The van der Waals surface area contributed by atoms with Crippen LogP contribution in [0.3, 0.4) is 0 Å². The number of nitrogens with zero attached hydrogens (tertiary/aromatic N) is 4. The SMILES string of the molecule is Cn1nc(C(=O)O)c2c1-c1nc(SCc3ccccc3)ncc1CC2. The highest BCUT2D eigenvalue weighted by Gasteiger charge is 2.28. The van der Waals surface area contributed by atoms with E-state index in [2.05, 4.69) is 22.2 Å². The van der Waals surface area contributed by atoms with Crippen LogP contribution in [0, 0.1) is 0 Å². The maximum atomic E-state index is 11.4. The maximum absolute atomic E-state index is 11.4. The summed E-state index contributed by atoms with van der Waals surface area (Å²) in [5.41, 5.74) is 4.73. The Hall–Kier alpha value is -2.67. The van der Waals surface area contributed by atoms with Gasteiger partial charge in [-0.3, -0.25) is 4.68 Å². The van der Waals surface area contributed by atoms with E-state index in [0.717, 1.165) is 34.7 Å². The van der Waals surface area contributed by atoms with Crippen LogP contribution in [0.1, 0.15) is 27.2 Å². The lowest BCUT2D eigenvalue weighted by Crippen LogP contribution is -2.10. The van der Waals surface area contributed by atoms with E-state index in [1.54, 1.807) is 23.5 Å². The van der Waals surface area contributed by atoms with Crippen molar-refractivity contribution in [2.45, 2.75) is 23.8 Å². The largest absolute Gasteiger partial charge is 0.476 e. The van der Waals surface area contributed by atoms with E-state index in [0.29, 0.717) is 11.6 Å². The number of hydrogen-bond acceptors (Lipinski definition) is 5. The Morgan fingerprint density at radius 1 is 1.28 bits per heavy atom. The summed E-state index contributed by atoms with van der Waals surface area (Å²) in [5, 5.41) is 14.2. The van der Waals surface area contributed by atoms with Gasteiger partial charge in [0.15, 0.2) is 10.9 Å². The van der Waals surface area contributed by atoms with E-state index in [1.807, 2.05) is 24.4 Å². The Labute approximate surface area is 148 Å². The van der Waals surface area contributed by atoms with Crippen LogP contribution in [0.25, 0.3) is 11.4 Å². The molecule has 4 rings (SSSR count). The van der Waals surface area contributed by atoms with Crippen molar-refractivity contribution in [3.63, 3.8) is 0 Å². The van der Waals surface area contributed by atoms with Crippen LogP contribution in [-0.2, 0) is 25.6 Å². The molecular formula is C18H16N4O2S. The van der Waals surface area contributed by atoms with Crippen molar-refractivity contribution in [2.75, 3.05) is 0 Å². The lowest BCUT2D eigenvalue weighted by Gasteiger charge is -2.16. The van der Waals surface area contributed by atoms with Crippen molar-refractivity contribution in [1.82, 2.24) is 19.7 Å². The summed E-state index contributed by atoms with van der Waals surface area (Å²) in [6.07, 6.45) is 3.24. The van der Waals surface area contributed by atoms with Crippen LogP contribution in [0.5, 0.6) is 0 Å². The number of aromatic carboxylic acids is 1. The summed E-state index contributed by atoms with van der Waals surface area (Å²) in [7, 11) is 1.76. The molecule has 0 spiro atoms. The fourth-order valence-corrected chi connectivity index (χ4v) is 3.87. The van der Waals surface area contributed by atoms with Crippen molar-refractivity contribution in [3.8, 4) is 11.4 Å². The Balaban J connectivity index is 1.68. The summed E-state index contributed by atoms with van der Waals surface area (Å²) in [5.74, 6) is -0.203. The number of aryl methyl sites for hydroxylation is 2. The Bertz CT molecular complexity index is 953. The molecule has 0 unspecified atom stereocenters. The highest BCUT2D eigenvalue weighted by atomic mass is 32.2. The first-order chi connectivity index (χ1) is 12.1. The van der Waals surface area contributed by atoms with Gasteiger partial charge in [-0.05, 0) is 24.0 Å². The number of carboxylic acid groups (broad SMARTS) is 1. The quantitative estimate of drug-likeness (QED) is 0.574. The lowest BCUT2D eigenvalue weighted by molar-refractivity contribution is 0.0688. The molecule has 0 amide bonds. The van der Waals surface area contributed by atoms with Crippen molar-refractivity contribution in [1.29, 1.82) is 0 Å². The predicted molar refractivity (Wildman–Crippen MR) is 94.6 cm³/mol. The molecule has 0 fully saturated rings. The number of hydrogen-bond donors (Lipinski definition) is 1. The smallest absolute Gasteiger partial charge is 0.356 e. The standard InChI is InChI=1S/C18H16N4O2S/c1-22-16-13(15(21-22)17(23)24)8-7-12-9-19-18(20-14(12)16)25-10-11-5-3-2-4-6-11/h2-6,9H,7-8,10H2,1H3,(H,23,24). The van der Waals surface area contributed by atoms with E-state index in [-0.39, 0.29) is 5.69 Å². The Kier molecular flexibility index (Phi) is 4.01. The van der Waals surface area contributed by atoms with E-state index in [1.165, 1.54) is 5.56 Å². The number of benzene rings is 1. The molecule has 1 aliphatic rings. The predicted octanol–water partition coefficient (Wildman–Crippen LogP) is 2.97. The first kappa shape index (κ1) is 15.8. The van der Waals surface area contributed by atoms with Crippen LogP contribution >= 0.6 is 11.8 Å². The fourth-order valence-electron chi connectivity index (χ4n) is 3.10. The third kappa shape index (κ3) is 2.91. The number of aromatic nitrogens is 4. The van der Waals surface area contributed by atoms with Gasteiger partial charge >= 0.3 is 5.97 Å². The van der Waals surface area contributed by atoms with Crippen molar-refractivity contribution in [2.24, 2.45) is 7.05 Å². The Morgan fingerprint density at radius 2 is 2.08 bits per heavy atom. The molecular weight excluding hydrogens is 336 g/mol. The minimum atomic E-state index is -0.993. The molecule has 0 saturated heterocycles. The van der Waals surface area contributed by atoms with E-state index in [9.17, 15) is 9.90 Å². The number of thioether (sulfide) groups is 1. The summed E-state index contributed by atoms with van der Waals surface area (Å²) < 4.78 is 1.62. The molecule has 0 aliphatic heterocycles.